The van der Waals surface area contributed by atoms with Gasteiger partial charge in [0, 0.05) is 30.3 Å². The fourth-order valence-corrected chi connectivity index (χ4v) is 2.07. The topological polar surface area (TPSA) is 72.7 Å². The van der Waals surface area contributed by atoms with Crippen LogP contribution in [0.2, 0.25) is 0 Å². The van der Waals surface area contributed by atoms with Gasteiger partial charge < -0.3 is 4.74 Å². The molecule has 1 unspecified atom stereocenters. The standard InChI is InChI=1S/C13H16N2O4/c1-10-9-19-6-5-14(10)8-13(16)11-3-2-4-12(7-11)15(17)18/h2-4,7,10H,5-6,8-9H2,1H3. The lowest BCUT2D eigenvalue weighted by molar-refractivity contribution is -0.384. The highest BCUT2D eigenvalue weighted by molar-refractivity contribution is 5.98. The summed E-state index contributed by atoms with van der Waals surface area (Å²) in [7, 11) is 0. The Morgan fingerprint density at radius 3 is 3.05 bits per heavy atom. The second-order valence-corrected chi connectivity index (χ2v) is 4.63. The summed E-state index contributed by atoms with van der Waals surface area (Å²) in [6, 6.07) is 6.05. The summed E-state index contributed by atoms with van der Waals surface area (Å²) in [5.74, 6) is -0.0996. The molecule has 1 aromatic carbocycles. The molecule has 1 saturated heterocycles. The van der Waals surface area contributed by atoms with E-state index in [9.17, 15) is 14.9 Å². The van der Waals surface area contributed by atoms with Crippen molar-refractivity contribution in [2.24, 2.45) is 0 Å². The normalized spacial score (nSPS) is 20.2. The number of rotatable bonds is 4. The number of ether oxygens (including phenoxy) is 1. The summed E-state index contributed by atoms with van der Waals surface area (Å²) in [6.07, 6.45) is 0. The average Bonchev–Trinajstić information content (AvgIpc) is 2.41. The van der Waals surface area contributed by atoms with E-state index in [0.717, 1.165) is 0 Å². The number of carbonyl (C=O) groups excluding carboxylic acids is 1. The molecule has 0 aromatic heterocycles. The SMILES string of the molecule is CC1COCCN1CC(=O)c1cccc([N+](=O)[O-])c1. The van der Waals surface area contributed by atoms with Gasteiger partial charge in [-0.3, -0.25) is 19.8 Å². The number of nitro groups is 1. The number of ketones is 1. The molecule has 0 N–H and O–H groups in total. The molecule has 0 amide bonds. The third-order valence-electron chi connectivity index (χ3n) is 3.23. The maximum Gasteiger partial charge on any atom is 0.270 e. The van der Waals surface area contributed by atoms with Crippen molar-refractivity contribution >= 4 is 11.5 Å². The van der Waals surface area contributed by atoms with Crippen LogP contribution in [0.25, 0.3) is 0 Å². The van der Waals surface area contributed by atoms with Crippen LogP contribution < -0.4 is 0 Å². The highest BCUT2D eigenvalue weighted by atomic mass is 16.6. The van der Waals surface area contributed by atoms with Crippen molar-refractivity contribution in [1.82, 2.24) is 4.90 Å². The molecule has 0 radical (unpaired) electrons. The van der Waals surface area contributed by atoms with E-state index >= 15 is 0 Å². The maximum atomic E-state index is 12.1. The molecule has 0 saturated carbocycles. The number of benzene rings is 1. The van der Waals surface area contributed by atoms with Gasteiger partial charge in [-0.05, 0) is 6.92 Å². The number of nitro benzene ring substituents is 1. The second kappa shape index (κ2) is 5.90. The van der Waals surface area contributed by atoms with Crippen molar-refractivity contribution in [3.05, 3.63) is 39.9 Å². The molecule has 1 aliphatic heterocycles. The first kappa shape index (κ1) is 13.6. The zero-order chi connectivity index (χ0) is 13.8. The Kier molecular flexibility index (Phi) is 4.24. The van der Waals surface area contributed by atoms with Crippen molar-refractivity contribution in [3.63, 3.8) is 0 Å². The van der Waals surface area contributed by atoms with E-state index in [2.05, 4.69) is 0 Å². The first-order valence-electron chi connectivity index (χ1n) is 6.17. The summed E-state index contributed by atoms with van der Waals surface area (Å²) in [5.41, 5.74) is 0.328. The van der Waals surface area contributed by atoms with Gasteiger partial charge in [-0.1, -0.05) is 12.1 Å². The molecule has 2 rings (SSSR count). The average molecular weight is 264 g/mol. The number of hydrogen-bond donors (Lipinski definition) is 0. The molecule has 6 nitrogen and oxygen atoms in total. The van der Waals surface area contributed by atoms with Crippen molar-refractivity contribution in [2.75, 3.05) is 26.3 Å². The first-order chi connectivity index (χ1) is 9.08. The maximum absolute atomic E-state index is 12.1. The molecule has 1 heterocycles. The summed E-state index contributed by atoms with van der Waals surface area (Å²) >= 11 is 0. The Hall–Kier alpha value is -1.79. The highest BCUT2D eigenvalue weighted by Gasteiger charge is 2.22. The third-order valence-corrected chi connectivity index (χ3v) is 3.23. The van der Waals surface area contributed by atoms with E-state index in [0.29, 0.717) is 25.3 Å². The van der Waals surface area contributed by atoms with Crippen LogP contribution in [-0.2, 0) is 4.74 Å². The van der Waals surface area contributed by atoms with Gasteiger partial charge >= 0.3 is 0 Å². The van der Waals surface area contributed by atoms with Crippen LogP contribution in [0.1, 0.15) is 17.3 Å². The number of non-ortho nitro benzene ring substituents is 1. The van der Waals surface area contributed by atoms with Crippen LogP contribution in [0.5, 0.6) is 0 Å². The van der Waals surface area contributed by atoms with E-state index in [1.807, 2.05) is 11.8 Å². The number of Topliss-reactive ketones (excluding diaryl/α,β-unsaturated/α-hetero) is 1. The van der Waals surface area contributed by atoms with Crippen LogP contribution in [0.3, 0.4) is 0 Å². The van der Waals surface area contributed by atoms with E-state index in [1.165, 1.54) is 18.2 Å². The molecular formula is C13H16N2O4. The number of carbonyl (C=O) groups is 1. The highest BCUT2D eigenvalue weighted by Crippen LogP contribution is 2.15. The van der Waals surface area contributed by atoms with Gasteiger partial charge in [0.05, 0.1) is 24.7 Å². The van der Waals surface area contributed by atoms with Gasteiger partial charge in [-0.15, -0.1) is 0 Å². The smallest absolute Gasteiger partial charge is 0.270 e. The number of hydrogen-bond acceptors (Lipinski definition) is 5. The van der Waals surface area contributed by atoms with E-state index in [-0.39, 0.29) is 24.1 Å². The Morgan fingerprint density at radius 1 is 1.58 bits per heavy atom. The monoisotopic (exact) mass is 264 g/mol. The minimum Gasteiger partial charge on any atom is -0.379 e. The lowest BCUT2D eigenvalue weighted by atomic mass is 10.1. The molecule has 0 aliphatic carbocycles. The van der Waals surface area contributed by atoms with Crippen LogP contribution in [0.15, 0.2) is 24.3 Å². The Bertz CT molecular complexity index is 489. The van der Waals surface area contributed by atoms with E-state index in [1.54, 1.807) is 6.07 Å². The van der Waals surface area contributed by atoms with Crippen LogP contribution in [0, 0.1) is 10.1 Å². The van der Waals surface area contributed by atoms with Gasteiger partial charge in [0.15, 0.2) is 5.78 Å². The van der Waals surface area contributed by atoms with E-state index in [4.69, 9.17) is 4.74 Å². The fourth-order valence-electron chi connectivity index (χ4n) is 2.07. The number of nitrogens with zero attached hydrogens (tertiary/aromatic N) is 2. The first-order valence-corrected chi connectivity index (χ1v) is 6.17. The lowest BCUT2D eigenvalue weighted by Crippen LogP contribution is -2.45. The van der Waals surface area contributed by atoms with Crippen LogP contribution in [0.4, 0.5) is 5.69 Å². The van der Waals surface area contributed by atoms with Crippen molar-refractivity contribution in [2.45, 2.75) is 13.0 Å². The third kappa shape index (κ3) is 3.36. The second-order valence-electron chi connectivity index (χ2n) is 4.63. The predicted octanol–water partition coefficient (Wildman–Crippen LogP) is 1.50. The number of morpholine rings is 1. The summed E-state index contributed by atoms with van der Waals surface area (Å²) < 4.78 is 5.31. The molecule has 0 spiro atoms. The van der Waals surface area contributed by atoms with Gasteiger partial charge in [-0.2, -0.15) is 0 Å². The Labute approximate surface area is 111 Å². The fraction of sp³-hybridized carbons (Fsp3) is 0.462. The molecule has 1 aromatic rings. The van der Waals surface area contributed by atoms with E-state index < -0.39 is 4.92 Å². The molecule has 1 atom stereocenters. The molecule has 102 valence electrons. The molecule has 19 heavy (non-hydrogen) atoms. The van der Waals surface area contributed by atoms with Gasteiger partial charge in [0.25, 0.3) is 5.69 Å². The largest absolute Gasteiger partial charge is 0.379 e. The van der Waals surface area contributed by atoms with Gasteiger partial charge in [0.1, 0.15) is 0 Å². The molecular weight excluding hydrogens is 248 g/mol. The van der Waals surface area contributed by atoms with Crippen molar-refractivity contribution in [1.29, 1.82) is 0 Å². The minimum atomic E-state index is -0.492. The Morgan fingerprint density at radius 2 is 2.37 bits per heavy atom. The molecule has 1 fully saturated rings. The molecule has 0 bridgehead atoms. The van der Waals surface area contributed by atoms with Crippen LogP contribution in [-0.4, -0.2) is 48.0 Å². The summed E-state index contributed by atoms with van der Waals surface area (Å²) in [6.45, 7) is 4.21. The molecule has 6 heteroatoms. The summed E-state index contributed by atoms with van der Waals surface area (Å²) in [4.78, 5) is 24.4. The lowest BCUT2D eigenvalue weighted by Gasteiger charge is -2.32. The van der Waals surface area contributed by atoms with Crippen molar-refractivity contribution in [3.8, 4) is 0 Å². The van der Waals surface area contributed by atoms with Crippen LogP contribution >= 0.6 is 0 Å². The minimum absolute atomic E-state index is 0.0547. The quantitative estimate of drug-likeness (QED) is 0.468. The zero-order valence-electron chi connectivity index (χ0n) is 10.7. The van der Waals surface area contributed by atoms with Gasteiger partial charge in [0.2, 0.25) is 0 Å². The Balaban J connectivity index is 2.07. The summed E-state index contributed by atoms with van der Waals surface area (Å²) in [5, 5.41) is 10.7. The zero-order valence-corrected chi connectivity index (χ0v) is 10.7. The molecule has 1 aliphatic rings. The predicted molar refractivity (Wildman–Crippen MR) is 69.3 cm³/mol. The van der Waals surface area contributed by atoms with Crippen molar-refractivity contribution < 1.29 is 14.5 Å². The van der Waals surface area contributed by atoms with Gasteiger partial charge in [-0.25, -0.2) is 0 Å².